The standard InChI is InChI=1S/C58H38N4/c1-4-10-39(11-5-1)40-22-28-47(29-23-40)54-38-55(62-58(61-54)51-14-8-3-9-15-51)48-30-24-44(25-31-48)42-18-16-41(17-19-42)43-20-26-46(27-21-43)53-37-35-50-33-32-49-34-36-52(45-12-6-2-7-13-45)59-56(49)57(50)60-53/h1-38H. The van der Waals surface area contributed by atoms with E-state index in [4.69, 9.17) is 19.9 Å². The molecule has 3 heterocycles. The molecule has 8 aromatic carbocycles. The molecular weight excluding hydrogens is 753 g/mol. The second kappa shape index (κ2) is 16.0. The Morgan fingerprint density at radius 2 is 0.468 bits per heavy atom. The molecule has 62 heavy (non-hydrogen) atoms. The Kier molecular flexibility index (Phi) is 9.49. The van der Waals surface area contributed by atoms with Crippen molar-refractivity contribution in [2.24, 2.45) is 0 Å². The predicted molar refractivity (Wildman–Crippen MR) is 256 cm³/mol. The lowest BCUT2D eigenvalue weighted by Gasteiger charge is -2.11. The molecule has 0 aliphatic heterocycles. The molecule has 0 spiro atoms. The fraction of sp³-hybridized carbons (Fsp3) is 0. The smallest absolute Gasteiger partial charge is 0.160 e. The summed E-state index contributed by atoms with van der Waals surface area (Å²) in [6.07, 6.45) is 0. The largest absolute Gasteiger partial charge is 0.245 e. The lowest BCUT2D eigenvalue weighted by molar-refractivity contribution is 1.18. The zero-order valence-corrected chi connectivity index (χ0v) is 33.7. The summed E-state index contributed by atoms with van der Waals surface area (Å²) in [5, 5.41) is 2.15. The van der Waals surface area contributed by atoms with Crippen LogP contribution in [-0.2, 0) is 0 Å². The van der Waals surface area contributed by atoms with Crippen LogP contribution in [0.1, 0.15) is 0 Å². The molecule has 0 atom stereocenters. The highest BCUT2D eigenvalue weighted by atomic mass is 14.9. The van der Waals surface area contributed by atoms with Gasteiger partial charge in [0.1, 0.15) is 0 Å². The predicted octanol–water partition coefficient (Wildman–Crippen LogP) is 14.9. The third-order valence-corrected chi connectivity index (χ3v) is 11.5. The molecule has 290 valence electrons. The van der Waals surface area contributed by atoms with Crippen molar-refractivity contribution >= 4 is 21.8 Å². The van der Waals surface area contributed by atoms with Crippen molar-refractivity contribution in [1.82, 2.24) is 19.9 Å². The first-order chi connectivity index (χ1) is 30.7. The van der Waals surface area contributed by atoms with Crippen LogP contribution in [0.15, 0.2) is 231 Å². The minimum absolute atomic E-state index is 0.704. The molecule has 0 radical (unpaired) electrons. The molecule has 11 rings (SSSR count). The van der Waals surface area contributed by atoms with Gasteiger partial charge in [0.2, 0.25) is 0 Å². The van der Waals surface area contributed by atoms with Gasteiger partial charge in [-0.05, 0) is 51.6 Å². The van der Waals surface area contributed by atoms with E-state index in [0.717, 1.165) is 94.7 Å². The third-order valence-electron chi connectivity index (χ3n) is 11.5. The molecule has 11 aromatic rings. The zero-order valence-electron chi connectivity index (χ0n) is 33.7. The molecule has 4 heteroatoms. The average molecular weight is 791 g/mol. The maximum Gasteiger partial charge on any atom is 0.160 e. The van der Waals surface area contributed by atoms with Crippen molar-refractivity contribution in [3.8, 4) is 89.8 Å². The van der Waals surface area contributed by atoms with Crippen LogP contribution in [0.4, 0.5) is 0 Å². The molecule has 0 fully saturated rings. The number of rotatable bonds is 8. The number of pyridine rings is 2. The summed E-state index contributed by atoms with van der Waals surface area (Å²) in [6.45, 7) is 0. The Morgan fingerprint density at radius 3 is 0.855 bits per heavy atom. The molecule has 0 N–H and O–H groups in total. The average Bonchev–Trinajstić information content (AvgIpc) is 3.37. The van der Waals surface area contributed by atoms with Gasteiger partial charge in [0, 0.05) is 38.6 Å². The Bertz CT molecular complexity index is 3330. The van der Waals surface area contributed by atoms with Crippen molar-refractivity contribution in [2.45, 2.75) is 0 Å². The van der Waals surface area contributed by atoms with E-state index in [-0.39, 0.29) is 0 Å². The van der Waals surface area contributed by atoms with E-state index in [1.807, 2.05) is 42.5 Å². The van der Waals surface area contributed by atoms with Crippen molar-refractivity contribution < 1.29 is 0 Å². The van der Waals surface area contributed by atoms with Crippen LogP contribution in [0.3, 0.4) is 0 Å². The molecule has 4 nitrogen and oxygen atoms in total. The number of hydrogen-bond acceptors (Lipinski definition) is 4. The van der Waals surface area contributed by atoms with Crippen LogP contribution >= 0.6 is 0 Å². The SMILES string of the molecule is c1ccc(-c2ccc(-c3cc(-c4ccc(-c5ccc(-c6ccc(-c7ccc8ccc9ccc(-c%10ccccc%10)nc9c8n7)cc6)cc5)cc4)nc(-c4ccccc4)n3)cc2)cc1. The highest BCUT2D eigenvalue weighted by molar-refractivity contribution is 6.04. The van der Waals surface area contributed by atoms with E-state index < -0.39 is 0 Å². The van der Waals surface area contributed by atoms with Crippen molar-refractivity contribution in [3.63, 3.8) is 0 Å². The van der Waals surface area contributed by atoms with E-state index in [2.05, 4.69) is 188 Å². The van der Waals surface area contributed by atoms with Gasteiger partial charge in [-0.3, -0.25) is 0 Å². The monoisotopic (exact) mass is 790 g/mol. The summed E-state index contributed by atoms with van der Waals surface area (Å²) in [7, 11) is 0. The molecule has 0 aliphatic carbocycles. The Hall–Kier alpha value is -8.34. The second-order valence-corrected chi connectivity index (χ2v) is 15.5. The van der Waals surface area contributed by atoms with Gasteiger partial charge < -0.3 is 0 Å². The Morgan fingerprint density at radius 1 is 0.194 bits per heavy atom. The van der Waals surface area contributed by atoms with E-state index >= 15 is 0 Å². The lowest BCUT2D eigenvalue weighted by atomic mass is 9.98. The zero-order chi connectivity index (χ0) is 41.2. The minimum atomic E-state index is 0.704. The number of nitrogens with zero attached hydrogens (tertiary/aromatic N) is 4. The summed E-state index contributed by atoms with van der Waals surface area (Å²) in [5.41, 5.74) is 17.7. The highest BCUT2D eigenvalue weighted by Crippen LogP contribution is 2.33. The summed E-state index contributed by atoms with van der Waals surface area (Å²) in [5.74, 6) is 0.704. The fourth-order valence-electron chi connectivity index (χ4n) is 8.14. The summed E-state index contributed by atoms with van der Waals surface area (Å²) in [4.78, 5) is 20.3. The first-order valence-corrected chi connectivity index (χ1v) is 20.9. The summed E-state index contributed by atoms with van der Waals surface area (Å²) < 4.78 is 0. The first kappa shape index (κ1) is 36.7. The van der Waals surface area contributed by atoms with Gasteiger partial charge in [0.25, 0.3) is 0 Å². The van der Waals surface area contributed by atoms with E-state index in [1.54, 1.807) is 0 Å². The Labute approximate surface area is 360 Å². The lowest BCUT2D eigenvalue weighted by Crippen LogP contribution is -1.96. The quantitative estimate of drug-likeness (QED) is 0.144. The molecule has 0 unspecified atom stereocenters. The number of benzene rings is 8. The number of fused-ring (bicyclic) bond motifs is 3. The van der Waals surface area contributed by atoms with Gasteiger partial charge in [-0.25, -0.2) is 19.9 Å². The van der Waals surface area contributed by atoms with Crippen LogP contribution < -0.4 is 0 Å². The van der Waals surface area contributed by atoms with E-state index in [0.29, 0.717) is 5.82 Å². The van der Waals surface area contributed by atoms with Crippen molar-refractivity contribution in [2.75, 3.05) is 0 Å². The molecular formula is C58H38N4. The van der Waals surface area contributed by atoms with Crippen molar-refractivity contribution in [1.29, 1.82) is 0 Å². The fourth-order valence-corrected chi connectivity index (χ4v) is 8.14. The topological polar surface area (TPSA) is 51.6 Å². The Balaban J connectivity index is 0.838. The van der Waals surface area contributed by atoms with Gasteiger partial charge in [0.15, 0.2) is 5.82 Å². The van der Waals surface area contributed by atoms with Crippen LogP contribution in [0.25, 0.3) is 112 Å². The van der Waals surface area contributed by atoms with Gasteiger partial charge in [0.05, 0.1) is 33.8 Å². The van der Waals surface area contributed by atoms with Gasteiger partial charge in [-0.1, -0.05) is 212 Å². The summed E-state index contributed by atoms with van der Waals surface area (Å²) >= 11 is 0. The number of aromatic nitrogens is 4. The van der Waals surface area contributed by atoms with Crippen LogP contribution in [0.2, 0.25) is 0 Å². The molecule has 0 aliphatic rings. The molecule has 0 saturated carbocycles. The summed E-state index contributed by atoms with van der Waals surface area (Å²) in [6, 6.07) is 80.5. The third kappa shape index (κ3) is 7.31. The second-order valence-electron chi connectivity index (χ2n) is 15.5. The van der Waals surface area contributed by atoms with Crippen LogP contribution in [-0.4, -0.2) is 19.9 Å². The number of hydrogen-bond donors (Lipinski definition) is 0. The van der Waals surface area contributed by atoms with E-state index in [9.17, 15) is 0 Å². The van der Waals surface area contributed by atoms with E-state index in [1.165, 1.54) is 11.1 Å². The van der Waals surface area contributed by atoms with Crippen LogP contribution in [0, 0.1) is 0 Å². The molecule has 0 saturated heterocycles. The molecule has 0 bridgehead atoms. The van der Waals surface area contributed by atoms with Gasteiger partial charge in [-0.2, -0.15) is 0 Å². The minimum Gasteiger partial charge on any atom is -0.245 e. The van der Waals surface area contributed by atoms with Crippen molar-refractivity contribution in [3.05, 3.63) is 231 Å². The molecule has 3 aromatic heterocycles. The molecule has 0 amide bonds. The first-order valence-electron chi connectivity index (χ1n) is 20.9. The van der Waals surface area contributed by atoms with Gasteiger partial charge in [-0.15, -0.1) is 0 Å². The highest BCUT2D eigenvalue weighted by Gasteiger charge is 2.13. The maximum absolute atomic E-state index is 5.16. The van der Waals surface area contributed by atoms with Crippen LogP contribution in [0.5, 0.6) is 0 Å². The maximum atomic E-state index is 5.16. The van der Waals surface area contributed by atoms with Gasteiger partial charge >= 0.3 is 0 Å². The normalized spacial score (nSPS) is 11.2.